The molecule has 1 aliphatic carbocycles. The maximum absolute atomic E-state index is 14.3. The second-order valence-corrected chi connectivity index (χ2v) is 6.43. The maximum atomic E-state index is 14.3. The number of pyridine rings is 2. The number of hydrogen-bond acceptors (Lipinski definition) is 6. The summed E-state index contributed by atoms with van der Waals surface area (Å²) in [6.07, 6.45) is 4.86. The van der Waals surface area contributed by atoms with Gasteiger partial charge < -0.3 is 14.1 Å². The smallest absolute Gasteiger partial charge is 0.334 e. The van der Waals surface area contributed by atoms with Gasteiger partial charge in [-0.1, -0.05) is 19.3 Å². The second-order valence-electron chi connectivity index (χ2n) is 6.43. The van der Waals surface area contributed by atoms with Crippen LogP contribution in [0, 0.1) is 11.2 Å². The second kappa shape index (κ2) is 6.79. The zero-order chi connectivity index (χ0) is 18.0. The van der Waals surface area contributed by atoms with E-state index in [1.165, 1.54) is 23.7 Å². The van der Waals surface area contributed by atoms with Crippen LogP contribution in [0.15, 0.2) is 23.1 Å². The molecule has 7 nitrogen and oxygen atoms in total. The van der Waals surface area contributed by atoms with Gasteiger partial charge in [-0.15, -0.1) is 0 Å². The van der Waals surface area contributed by atoms with Gasteiger partial charge in [0.15, 0.2) is 11.6 Å². The fourth-order valence-corrected chi connectivity index (χ4v) is 3.40. The zero-order valence-corrected chi connectivity index (χ0v) is 14.0. The van der Waals surface area contributed by atoms with Crippen LogP contribution in [0.5, 0.6) is 5.75 Å². The molecule has 0 unspecified atom stereocenters. The summed E-state index contributed by atoms with van der Waals surface area (Å²) in [7, 11) is 1.52. The van der Waals surface area contributed by atoms with Gasteiger partial charge in [0.25, 0.3) is 5.56 Å². The van der Waals surface area contributed by atoms with E-state index in [4.69, 9.17) is 10.6 Å². The largest absolute Gasteiger partial charge is 0.487 e. The van der Waals surface area contributed by atoms with E-state index < -0.39 is 17.2 Å². The Labute approximate surface area is 143 Å². The van der Waals surface area contributed by atoms with E-state index in [0.717, 1.165) is 25.5 Å². The van der Waals surface area contributed by atoms with E-state index in [9.17, 15) is 14.0 Å². The van der Waals surface area contributed by atoms with Gasteiger partial charge in [0.05, 0.1) is 11.7 Å². The third kappa shape index (κ3) is 3.09. The minimum Gasteiger partial charge on any atom is -0.487 e. The number of aryl methyl sites for hydroxylation is 1. The van der Waals surface area contributed by atoms with E-state index in [-0.39, 0.29) is 23.4 Å². The van der Waals surface area contributed by atoms with Gasteiger partial charge in [0, 0.05) is 13.1 Å². The Morgan fingerprint density at radius 2 is 2.08 bits per heavy atom. The number of halogens is 1. The van der Waals surface area contributed by atoms with Crippen molar-refractivity contribution in [3.05, 3.63) is 34.5 Å². The van der Waals surface area contributed by atoms with Crippen molar-refractivity contribution in [2.75, 3.05) is 6.61 Å². The molecule has 3 rings (SSSR count). The van der Waals surface area contributed by atoms with Crippen LogP contribution in [0.25, 0.3) is 11.0 Å². The molecule has 0 radical (unpaired) electrons. The van der Waals surface area contributed by atoms with Crippen molar-refractivity contribution in [1.29, 1.82) is 0 Å². The summed E-state index contributed by atoms with van der Waals surface area (Å²) >= 11 is 0. The van der Waals surface area contributed by atoms with Crippen molar-refractivity contribution in [2.24, 2.45) is 18.4 Å². The number of nitrogens with two attached hydrogens (primary N) is 1. The molecule has 1 fully saturated rings. The Bertz CT molecular complexity index is 859. The Balaban J connectivity index is 2.00. The van der Waals surface area contributed by atoms with Crippen LogP contribution in [0.2, 0.25) is 0 Å². The molecule has 2 heterocycles. The van der Waals surface area contributed by atoms with Crippen molar-refractivity contribution in [3.63, 3.8) is 0 Å². The molecule has 0 amide bonds. The highest BCUT2D eigenvalue weighted by molar-refractivity contribution is 5.81. The van der Waals surface area contributed by atoms with Gasteiger partial charge in [0.2, 0.25) is 0 Å². The van der Waals surface area contributed by atoms with Crippen molar-refractivity contribution in [3.8, 4) is 5.75 Å². The number of rotatable bonds is 4. The summed E-state index contributed by atoms with van der Waals surface area (Å²) in [5.74, 6) is 3.74. The molecule has 0 spiro atoms. The summed E-state index contributed by atoms with van der Waals surface area (Å²) in [4.78, 5) is 32.5. The molecule has 0 atom stereocenters. The van der Waals surface area contributed by atoms with Gasteiger partial charge in [-0.3, -0.25) is 9.78 Å². The van der Waals surface area contributed by atoms with E-state index in [2.05, 4.69) is 9.82 Å². The molecule has 2 N–H and O–H groups in total. The first-order valence-corrected chi connectivity index (χ1v) is 8.17. The number of carbonyl (C=O) groups is 1. The lowest BCUT2D eigenvalue weighted by Gasteiger charge is -2.33. The molecule has 0 aliphatic heterocycles. The predicted octanol–water partition coefficient (Wildman–Crippen LogP) is 1.82. The van der Waals surface area contributed by atoms with Gasteiger partial charge >= 0.3 is 5.97 Å². The van der Waals surface area contributed by atoms with Crippen LogP contribution in [0.1, 0.15) is 32.1 Å². The van der Waals surface area contributed by atoms with Crippen LogP contribution in [-0.4, -0.2) is 22.1 Å². The molecule has 8 heteroatoms. The SMILES string of the molecule is Cn1c(=O)ccc2ncc(F)c(OCC3(C(=O)ON)CCCCC3)c21. The molecule has 1 saturated carbocycles. The molecule has 0 aromatic carbocycles. The lowest BCUT2D eigenvalue weighted by Crippen LogP contribution is -2.41. The fourth-order valence-electron chi connectivity index (χ4n) is 3.40. The van der Waals surface area contributed by atoms with Gasteiger partial charge in [-0.05, 0) is 18.9 Å². The lowest BCUT2D eigenvalue weighted by molar-refractivity contribution is -0.161. The quantitative estimate of drug-likeness (QED) is 0.846. The number of nitrogens with zero attached hydrogens (tertiary/aromatic N) is 2. The third-order valence-corrected chi connectivity index (χ3v) is 4.88. The average molecular weight is 349 g/mol. The molecular formula is C17H20FN3O4. The summed E-state index contributed by atoms with van der Waals surface area (Å²) in [6.45, 7) is -0.0673. The Morgan fingerprint density at radius 3 is 2.76 bits per heavy atom. The Hall–Kier alpha value is -2.48. The lowest BCUT2D eigenvalue weighted by atomic mass is 9.74. The number of aromatic nitrogens is 2. The van der Waals surface area contributed by atoms with Crippen molar-refractivity contribution < 1.29 is 18.8 Å². The molecule has 25 heavy (non-hydrogen) atoms. The van der Waals surface area contributed by atoms with E-state index >= 15 is 0 Å². The molecule has 1 aliphatic rings. The minimum atomic E-state index is -0.900. The Kier molecular flexibility index (Phi) is 4.71. The molecule has 0 bridgehead atoms. The summed E-state index contributed by atoms with van der Waals surface area (Å²) in [5.41, 5.74) is -0.529. The minimum absolute atomic E-state index is 0.0673. The highest BCUT2D eigenvalue weighted by Crippen LogP contribution is 2.38. The van der Waals surface area contributed by atoms with Crippen molar-refractivity contribution >= 4 is 17.0 Å². The number of ether oxygens (including phenoxy) is 1. The number of fused-ring (bicyclic) bond motifs is 1. The van der Waals surface area contributed by atoms with E-state index in [1.54, 1.807) is 0 Å². The van der Waals surface area contributed by atoms with Crippen LogP contribution in [0.3, 0.4) is 0 Å². The highest BCUT2D eigenvalue weighted by atomic mass is 19.1. The van der Waals surface area contributed by atoms with Crippen LogP contribution in [0.4, 0.5) is 4.39 Å². The zero-order valence-electron chi connectivity index (χ0n) is 14.0. The van der Waals surface area contributed by atoms with Crippen molar-refractivity contribution in [1.82, 2.24) is 9.55 Å². The summed E-state index contributed by atoms with van der Waals surface area (Å²) in [6, 6.07) is 2.86. The standard InChI is InChI=1S/C17H20FN3O4/c1-21-13(22)6-5-12-14(21)15(11(18)9-20-12)24-10-17(16(23)25-19)7-3-2-4-8-17/h5-6,9H,2-4,7-8,10,19H2,1H3. The topological polar surface area (TPSA) is 96.4 Å². The van der Waals surface area contributed by atoms with Crippen LogP contribution < -0.4 is 16.2 Å². The third-order valence-electron chi connectivity index (χ3n) is 4.88. The number of hydrogen-bond donors (Lipinski definition) is 1. The highest BCUT2D eigenvalue weighted by Gasteiger charge is 2.42. The first-order chi connectivity index (χ1) is 12.0. The molecule has 2 aromatic rings. The summed E-state index contributed by atoms with van der Waals surface area (Å²) in [5, 5.41) is 0. The summed E-state index contributed by atoms with van der Waals surface area (Å²) < 4.78 is 21.3. The maximum Gasteiger partial charge on any atom is 0.334 e. The van der Waals surface area contributed by atoms with Gasteiger partial charge in [-0.25, -0.2) is 9.18 Å². The van der Waals surface area contributed by atoms with Gasteiger partial charge in [0.1, 0.15) is 17.5 Å². The van der Waals surface area contributed by atoms with E-state index in [1.807, 2.05) is 0 Å². The fraction of sp³-hybridized carbons (Fsp3) is 0.471. The number of carbonyl (C=O) groups excluding carboxylic acids is 1. The van der Waals surface area contributed by atoms with Crippen LogP contribution in [-0.2, 0) is 16.7 Å². The monoisotopic (exact) mass is 349 g/mol. The van der Waals surface area contributed by atoms with E-state index in [0.29, 0.717) is 18.4 Å². The van der Waals surface area contributed by atoms with Crippen molar-refractivity contribution in [2.45, 2.75) is 32.1 Å². The van der Waals surface area contributed by atoms with Gasteiger partial charge in [-0.2, -0.15) is 5.90 Å². The van der Waals surface area contributed by atoms with Crippen LogP contribution >= 0.6 is 0 Å². The normalized spacial score (nSPS) is 16.6. The first kappa shape index (κ1) is 17.3. The molecule has 0 saturated heterocycles. The molecule has 134 valence electrons. The Morgan fingerprint density at radius 1 is 1.36 bits per heavy atom. The predicted molar refractivity (Wildman–Crippen MR) is 88.2 cm³/mol. The first-order valence-electron chi connectivity index (χ1n) is 8.17. The molecule has 2 aromatic heterocycles. The average Bonchev–Trinajstić information content (AvgIpc) is 2.64. The molecular weight excluding hydrogens is 329 g/mol.